The predicted octanol–water partition coefficient (Wildman–Crippen LogP) is 7.83. The largest absolute Gasteiger partial charge is 0.0590 e. The van der Waals surface area contributed by atoms with Crippen LogP contribution in [0.4, 0.5) is 0 Å². The van der Waals surface area contributed by atoms with Crippen molar-refractivity contribution in [2.75, 3.05) is 0 Å². The Morgan fingerprint density at radius 1 is 0.448 bits per heavy atom. The Morgan fingerprint density at radius 3 is 1.76 bits per heavy atom. The van der Waals surface area contributed by atoms with Gasteiger partial charge >= 0.3 is 0 Å². The summed E-state index contributed by atoms with van der Waals surface area (Å²) in [6, 6.07) is 27.5. The van der Waals surface area contributed by atoms with Crippen LogP contribution in [0.15, 0.2) is 72.8 Å². The number of fused-ring (bicyclic) bond motifs is 3. The van der Waals surface area contributed by atoms with Gasteiger partial charge in [0.15, 0.2) is 0 Å². The molecule has 0 radical (unpaired) electrons. The molecule has 29 heavy (non-hydrogen) atoms. The normalized spacial score (nSPS) is 12.0. The minimum Gasteiger partial charge on any atom is -0.0590 e. The molecule has 0 bridgehead atoms. The van der Waals surface area contributed by atoms with Gasteiger partial charge in [0, 0.05) is 0 Å². The lowest BCUT2D eigenvalue weighted by Crippen LogP contribution is -1.87. The first-order valence-electron chi connectivity index (χ1n) is 10.4. The highest BCUT2D eigenvalue weighted by Crippen LogP contribution is 2.41. The van der Waals surface area contributed by atoms with E-state index in [0.29, 0.717) is 0 Å². The van der Waals surface area contributed by atoms with E-state index < -0.39 is 0 Å². The van der Waals surface area contributed by atoms with Crippen molar-refractivity contribution in [3.8, 4) is 33.4 Å². The summed E-state index contributed by atoms with van der Waals surface area (Å²) in [6.07, 6.45) is 1.02. The van der Waals surface area contributed by atoms with Crippen molar-refractivity contribution in [1.82, 2.24) is 0 Å². The zero-order valence-corrected chi connectivity index (χ0v) is 17.6. The molecule has 0 saturated carbocycles. The van der Waals surface area contributed by atoms with Gasteiger partial charge in [0.05, 0.1) is 0 Å². The summed E-state index contributed by atoms with van der Waals surface area (Å²) in [7, 11) is 0. The number of hydrogen-bond donors (Lipinski definition) is 0. The van der Waals surface area contributed by atoms with Gasteiger partial charge in [0.1, 0.15) is 0 Å². The maximum absolute atomic E-state index is 2.40. The Hall–Kier alpha value is -3.12. The van der Waals surface area contributed by atoms with Crippen LogP contribution >= 0.6 is 0 Å². The lowest BCUT2D eigenvalue weighted by atomic mass is 9.95. The molecule has 4 aromatic carbocycles. The minimum absolute atomic E-state index is 1.02. The Morgan fingerprint density at radius 2 is 1.03 bits per heavy atom. The van der Waals surface area contributed by atoms with Crippen LogP contribution in [0.1, 0.15) is 33.4 Å². The molecule has 0 unspecified atom stereocenters. The van der Waals surface area contributed by atoms with E-state index in [9.17, 15) is 0 Å². The van der Waals surface area contributed by atoms with Gasteiger partial charge in [-0.15, -0.1) is 0 Å². The van der Waals surface area contributed by atoms with Crippen molar-refractivity contribution in [2.24, 2.45) is 0 Å². The van der Waals surface area contributed by atoms with Crippen LogP contribution < -0.4 is 0 Å². The maximum Gasteiger partial charge on any atom is -0.00130 e. The molecule has 0 saturated heterocycles. The molecule has 0 amide bonds. The highest BCUT2D eigenvalue weighted by atomic mass is 14.2. The van der Waals surface area contributed by atoms with Crippen molar-refractivity contribution in [1.29, 1.82) is 0 Å². The zero-order chi connectivity index (χ0) is 20.1. The molecule has 0 heterocycles. The molecule has 5 rings (SSSR count). The first-order chi connectivity index (χ1) is 14.0. The highest BCUT2D eigenvalue weighted by Gasteiger charge is 2.20. The average Bonchev–Trinajstić information content (AvgIpc) is 3.08. The summed E-state index contributed by atoms with van der Waals surface area (Å²) in [4.78, 5) is 0. The summed E-state index contributed by atoms with van der Waals surface area (Å²) in [5.74, 6) is 0. The summed E-state index contributed by atoms with van der Waals surface area (Å²) >= 11 is 0. The molecule has 0 atom stereocenters. The molecule has 142 valence electrons. The monoisotopic (exact) mass is 374 g/mol. The first-order valence-corrected chi connectivity index (χ1v) is 10.4. The van der Waals surface area contributed by atoms with Gasteiger partial charge in [-0.3, -0.25) is 0 Å². The Labute approximate surface area is 173 Å². The fraction of sp³-hybridized carbons (Fsp3) is 0.172. The fourth-order valence-corrected chi connectivity index (χ4v) is 4.53. The van der Waals surface area contributed by atoms with Crippen LogP contribution in [0.2, 0.25) is 0 Å². The number of rotatable bonds is 2. The zero-order valence-electron chi connectivity index (χ0n) is 17.6. The summed E-state index contributed by atoms with van der Waals surface area (Å²) < 4.78 is 0. The van der Waals surface area contributed by atoms with E-state index in [-0.39, 0.29) is 0 Å². The van der Waals surface area contributed by atoms with Gasteiger partial charge in [-0.2, -0.15) is 0 Å². The predicted molar refractivity (Wildman–Crippen MR) is 125 cm³/mol. The molecular formula is C29H26. The second-order valence-corrected chi connectivity index (χ2v) is 8.54. The molecule has 4 aromatic rings. The van der Waals surface area contributed by atoms with Gasteiger partial charge in [-0.05, 0) is 95.3 Å². The average molecular weight is 375 g/mol. The molecule has 0 spiro atoms. The Kier molecular flexibility index (Phi) is 4.17. The SMILES string of the molecule is Cc1ccc(C)c(-c2ccc3c(c2)Cc2cc(-c4ccc(C)c(C)c4)ccc2-3)c1. The van der Waals surface area contributed by atoms with Gasteiger partial charge in [0.25, 0.3) is 0 Å². The second kappa shape index (κ2) is 6.74. The number of hydrogen-bond acceptors (Lipinski definition) is 0. The Balaban J connectivity index is 1.53. The summed E-state index contributed by atoms with van der Waals surface area (Å²) in [5.41, 5.74) is 16.3. The van der Waals surface area contributed by atoms with E-state index in [1.54, 1.807) is 0 Å². The van der Waals surface area contributed by atoms with E-state index in [4.69, 9.17) is 0 Å². The maximum atomic E-state index is 2.40. The van der Waals surface area contributed by atoms with Gasteiger partial charge in [-0.1, -0.05) is 78.4 Å². The molecule has 0 nitrogen and oxygen atoms in total. The van der Waals surface area contributed by atoms with Gasteiger partial charge in [0.2, 0.25) is 0 Å². The van der Waals surface area contributed by atoms with Crippen molar-refractivity contribution in [3.63, 3.8) is 0 Å². The van der Waals surface area contributed by atoms with E-state index in [1.165, 1.54) is 66.8 Å². The second-order valence-electron chi connectivity index (χ2n) is 8.54. The van der Waals surface area contributed by atoms with Crippen LogP contribution in [0.5, 0.6) is 0 Å². The Bertz CT molecular complexity index is 1260. The molecule has 1 aliphatic carbocycles. The summed E-state index contributed by atoms with van der Waals surface area (Å²) in [5, 5.41) is 0. The van der Waals surface area contributed by atoms with Gasteiger partial charge in [-0.25, -0.2) is 0 Å². The molecule has 0 aromatic heterocycles. The molecule has 0 heteroatoms. The lowest BCUT2D eigenvalue weighted by Gasteiger charge is -2.10. The molecule has 0 aliphatic heterocycles. The van der Waals surface area contributed by atoms with Crippen LogP contribution in [-0.2, 0) is 6.42 Å². The third kappa shape index (κ3) is 3.09. The smallest absolute Gasteiger partial charge is 0.00130 e. The number of aryl methyl sites for hydroxylation is 4. The fourth-order valence-electron chi connectivity index (χ4n) is 4.53. The van der Waals surface area contributed by atoms with E-state index >= 15 is 0 Å². The molecule has 0 fully saturated rings. The quantitative estimate of drug-likeness (QED) is 0.295. The molecular weight excluding hydrogens is 348 g/mol. The van der Waals surface area contributed by atoms with Crippen molar-refractivity contribution in [2.45, 2.75) is 34.1 Å². The van der Waals surface area contributed by atoms with E-state index in [1.807, 2.05) is 0 Å². The van der Waals surface area contributed by atoms with Crippen LogP contribution in [0, 0.1) is 27.7 Å². The molecule has 0 N–H and O–H groups in total. The number of benzene rings is 4. The van der Waals surface area contributed by atoms with Crippen molar-refractivity contribution < 1.29 is 0 Å². The highest BCUT2D eigenvalue weighted by molar-refractivity contribution is 5.83. The van der Waals surface area contributed by atoms with Crippen LogP contribution in [-0.4, -0.2) is 0 Å². The standard InChI is InChI=1S/C29H26/c1-18-5-6-20(3)29(13-18)24-10-12-28-26(16-24)17-25-15-23(9-11-27(25)28)22-8-7-19(2)21(4)14-22/h5-16H,17H2,1-4H3. The lowest BCUT2D eigenvalue weighted by molar-refractivity contribution is 1.26. The van der Waals surface area contributed by atoms with E-state index in [2.05, 4.69) is 100 Å². The van der Waals surface area contributed by atoms with Crippen LogP contribution in [0.25, 0.3) is 33.4 Å². The summed E-state index contributed by atoms with van der Waals surface area (Å²) in [6.45, 7) is 8.73. The van der Waals surface area contributed by atoms with Gasteiger partial charge < -0.3 is 0 Å². The van der Waals surface area contributed by atoms with E-state index in [0.717, 1.165) is 6.42 Å². The third-order valence-corrected chi connectivity index (χ3v) is 6.43. The molecule has 1 aliphatic rings. The first kappa shape index (κ1) is 17.9. The van der Waals surface area contributed by atoms with Crippen molar-refractivity contribution in [3.05, 3.63) is 106 Å². The third-order valence-electron chi connectivity index (χ3n) is 6.43. The van der Waals surface area contributed by atoms with Crippen LogP contribution in [0.3, 0.4) is 0 Å². The topological polar surface area (TPSA) is 0 Å². The minimum atomic E-state index is 1.02. The van der Waals surface area contributed by atoms with Crippen molar-refractivity contribution >= 4 is 0 Å².